The van der Waals surface area contributed by atoms with Crippen LogP contribution in [-0.2, 0) is 4.79 Å². The zero-order valence-corrected chi connectivity index (χ0v) is 10.7. The maximum absolute atomic E-state index is 13.1. The van der Waals surface area contributed by atoms with Crippen LogP contribution >= 0.6 is 0 Å². The van der Waals surface area contributed by atoms with Gasteiger partial charge in [-0.25, -0.2) is 8.78 Å². The minimum atomic E-state index is -0.890. The molecule has 1 N–H and O–H groups in total. The molecule has 18 heavy (non-hydrogen) atoms. The van der Waals surface area contributed by atoms with Crippen LogP contribution in [0.25, 0.3) is 0 Å². The van der Waals surface area contributed by atoms with Gasteiger partial charge in [0.1, 0.15) is 0 Å². The maximum Gasteiger partial charge on any atom is 0.307 e. The lowest BCUT2D eigenvalue weighted by Gasteiger charge is -2.26. The van der Waals surface area contributed by atoms with Crippen molar-refractivity contribution in [2.45, 2.75) is 19.9 Å². The number of carboxylic acid groups (broad SMARTS) is 1. The van der Waals surface area contributed by atoms with Gasteiger partial charge in [0.15, 0.2) is 11.6 Å². The molecule has 0 bridgehead atoms. The van der Waals surface area contributed by atoms with Crippen molar-refractivity contribution in [3.8, 4) is 0 Å². The summed E-state index contributed by atoms with van der Waals surface area (Å²) in [7, 11) is 1.76. The summed E-state index contributed by atoms with van der Waals surface area (Å²) in [5, 5.41) is 8.83. The van der Waals surface area contributed by atoms with Gasteiger partial charge in [-0.15, -0.1) is 0 Å². The molecule has 0 aromatic heterocycles. The fraction of sp³-hybridized carbons (Fsp3) is 0.462. The predicted octanol–water partition coefficient (Wildman–Crippen LogP) is 2.68. The lowest BCUT2D eigenvalue weighted by Crippen LogP contribution is -2.30. The van der Waals surface area contributed by atoms with Gasteiger partial charge in [0.2, 0.25) is 0 Å². The van der Waals surface area contributed by atoms with E-state index in [9.17, 15) is 13.6 Å². The number of carbonyl (C=O) groups is 1. The van der Waals surface area contributed by atoms with E-state index in [-0.39, 0.29) is 6.04 Å². The maximum atomic E-state index is 13.1. The molecule has 3 nitrogen and oxygen atoms in total. The van der Waals surface area contributed by atoms with E-state index in [1.165, 1.54) is 6.07 Å². The normalized spacial score (nSPS) is 14.6. The SMILES string of the molecule is CC(CN(C)C(C)c1ccc(F)c(F)c1)C(=O)O. The second-order valence-corrected chi connectivity index (χ2v) is 4.53. The first kappa shape index (κ1) is 14.6. The number of rotatable bonds is 5. The molecule has 1 aromatic carbocycles. The Labute approximate surface area is 105 Å². The molecule has 0 fully saturated rings. The summed E-state index contributed by atoms with van der Waals surface area (Å²) in [6, 6.07) is 3.55. The van der Waals surface area contributed by atoms with Crippen LogP contribution in [0.15, 0.2) is 18.2 Å². The molecule has 0 aliphatic rings. The molecule has 0 aliphatic heterocycles. The number of benzene rings is 1. The molecule has 0 saturated carbocycles. The summed E-state index contributed by atoms with van der Waals surface area (Å²) < 4.78 is 25.9. The topological polar surface area (TPSA) is 40.5 Å². The van der Waals surface area contributed by atoms with Gasteiger partial charge in [0, 0.05) is 12.6 Å². The standard InChI is InChI=1S/C13H17F2NO2/c1-8(13(17)18)7-16(3)9(2)10-4-5-11(14)12(15)6-10/h4-6,8-9H,7H2,1-3H3,(H,17,18). The molecule has 0 heterocycles. The van der Waals surface area contributed by atoms with Crippen molar-refractivity contribution in [3.05, 3.63) is 35.4 Å². The summed E-state index contributed by atoms with van der Waals surface area (Å²) in [6.07, 6.45) is 0. The van der Waals surface area contributed by atoms with E-state index in [0.717, 1.165) is 12.1 Å². The number of hydrogen-bond donors (Lipinski definition) is 1. The molecule has 1 aromatic rings. The highest BCUT2D eigenvalue weighted by Gasteiger charge is 2.19. The third kappa shape index (κ3) is 3.50. The highest BCUT2D eigenvalue weighted by atomic mass is 19.2. The number of nitrogens with zero attached hydrogens (tertiary/aromatic N) is 1. The van der Waals surface area contributed by atoms with Crippen LogP contribution in [-0.4, -0.2) is 29.6 Å². The summed E-state index contributed by atoms with van der Waals surface area (Å²) in [6.45, 7) is 3.77. The first-order valence-electron chi connectivity index (χ1n) is 5.71. The smallest absolute Gasteiger partial charge is 0.307 e. The van der Waals surface area contributed by atoms with Gasteiger partial charge >= 0.3 is 5.97 Å². The lowest BCUT2D eigenvalue weighted by molar-refractivity contribution is -0.141. The lowest BCUT2D eigenvalue weighted by atomic mass is 10.1. The Morgan fingerprint density at radius 3 is 2.44 bits per heavy atom. The van der Waals surface area contributed by atoms with Gasteiger partial charge in [-0.05, 0) is 31.7 Å². The second-order valence-electron chi connectivity index (χ2n) is 4.53. The Kier molecular flexibility index (Phi) is 4.78. The number of halogens is 2. The summed E-state index contributed by atoms with van der Waals surface area (Å²) in [4.78, 5) is 12.6. The monoisotopic (exact) mass is 257 g/mol. The average Bonchev–Trinajstić information content (AvgIpc) is 2.31. The zero-order chi connectivity index (χ0) is 13.9. The van der Waals surface area contributed by atoms with Gasteiger partial charge in [0.25, 0.3) is 0 Å². The largest absolute Gasteiger partial charge is 0.481 e. The molecule has 0 radical (unpaired) electrons. The molecule has 100 valence electrons. The quantitative estimate of drug-likeness (QED) is 0.881. The number of hydrogen-bond acceptors (Lipinski definition) is 2. The van der Waals surface area contributed by atoms with E-state index in [4.69, 9.17) is 5.11 Å². The third-order valence-electron chi connectivity index (χ3n) is 3.07. The Hall–Kier alpha value is -1.49. The molecular formula is C13H17F2NO2. The zero-order valence-electron chi connectivity index (χ0n) is 10.7. The van der Waals surface area contributed by atoms with Crippen LogP contribution in [0.1, 0.15) is 25.5 Å². The fourth-order valence-electron chi connectivity index (χ4n) is 1.69. The van der Waals surface area contributed by atoms with Gasteiger partial charge < -0.3 is 5.11 Å². The molecule has 2 unspecified atom stereocenters. The fourth-order valence-corrected chi connectivity index (χ4v) is 1.69. The Balaban J connectivity index is 2.76. The molecule has 0 saturated heterocycles. The van der Waals surface area contributed by atoms with Gasteiger partial charge in [-0.2, -0.15) is 0 Å². The van der Waals surface area contributed by atoms with E-state index in [1.54, 1.807) is 18.9 Å². The van der Waals surface area contributed by atoms with Crippen molar-refractivity contribution in [2.24, 2.45) is 5.92 Å². The Bertz CT molecular complexity index is 437. The summed E-state index contributed by atoms with van der Waals surface area (Å²) in [5.41, 5.74) is 0.619. The highest BCUT2D eigenvalue weighted by molar-refractivity contribution is 5.69. The second kappa shape index (κ2) is 5.91. The average molecular weight is 257 g/mol. The van der Waals surface area contributed by atoms with Crippen LogP contribution < -0.4 is 0 Å². The molecule has 2 atom stereocenters. The Morgan fingerprint density at radius 2 is 1.94 bits per heavy atom. The van der Waals surface area contributed by atoms with Crippen molar-refractivity contribution < 1.29 is 18.7 Å². The first-order chi connectivity index (χ1) is 8.32. The third-order valence-corrected chi connectivity index (χ3v) is 3.07. The van der Waals surface area contributed by atoms with Gasteiger partial charge in [-0.3, -0.25) is 9.69 Å². The van der Waals surface area contributed by atoms with Crippen LogP contribution in [0.5, 0.6) is 0 Å². The van der Waals surface area contributed by atoms with Crippen molar-refractivity contribution in [3.63, 3.8) is 0 Å². The van der Waals surface area contributed by atoms with E-state index in [0.29, 0.717) is 12.1 Å². The Morgan fingerprint density at radius 1 is 1.33 bits per heavy atom. The van der Waals surface area contributed by atoms with Crippen LogP contribution in [0.4, 0.5) is 8.78 Å². The van der Waals surface area contributed by atoms with E-state index in [1.807, 2.05) is 6.92 Å². The number of carboxylic acids is 1. The van der Waals surface area contributed by atoms with Crippen molar-refractivity contribution in [2.75, 3.05) is 13.6 Å². The van der Waals surface area contributed by atoms with Crippen LogP contribution in [0, 0.1) is 17.6 Å². The molecule has 5 heteroatoms. The molecule has 0 amide bonds. The van der Waals surface area contributed by atoms with Gasteiger partial charge in [-0.1, -0.05) is 13.0 Å². The molecular weight excluding hydrogens is 240 g/mol. The summed E-state index contributed by atoms with van der Waals surface area (Å²) >= 11 is 0. The molecule has 0 spiro atoms. The molecule has 1 rings (SSSR count). The van der Waals surface area contributed by atoms with Crippen LogP contribution in [0.2, 0.25) is 0 Å². The van der Waals surface area contributed by atoms with Crippen LogP contribution in [0.3, 0.4) is 0 Å². The number of aliphatic carboxylic acids is 1. The predicted molar refractivity (Wildman–Crippen MR) is 64.2 cm³/mol. The van der Waals surface area contributed by atoms with Crippen molar-refractivity contribution in [1.29, 1.82) is 0 Å². The minimum Gasteiger partial charge on any atom is -0.481 e. The first-order valence-corrected chi connectivity index (χ1v) is 5.71. The van der Waals surface area contributed by atoms with E-state index >= 15 is 0 Å². The summed E-state index contributed by atoms with van der Waals surface area (Å²) in [5.74, 6) is -3.16. The van der Waals surface area contributed by atoms with Crippen molar-refractivity contribution >= 4 is 5.97 Å². The molecule has 0 aliphatic carbocycles. The van der Waals surface area contributed by atoms with Gasteiger partial charge in [0.05, 0.1) is 5.92 Å². The minimum absolute atomic E-state index is 0.179. The van der Waals surface area contributed by atoms with E-state index < -0.39 is 23.5 Å². The highest BCUT2D eigenvalue weighted by Crippen LogP contribution is 2.21. The van der Waals surface area contributed by atoms with E-state index in [2.05, 4.69) is 0 Å². The van der Waals surface area contributed by atoms with Crippen molar-refractivity contribution in [1.82, 2.24) is 4.90 Å².